The molecule has 0 atom stereocenters. The van der Waals surface area contributed by atoms with Crippen molar-refractivity contribution in [3.8, 4) is 0 Å². The number of hydrogen-bond acceptors (Lipinski definition) is 2. The number of pyridine rings is 1. The lowest BCUT2D eigenvalue weighted by Gasteiger charge is -2.10. The molecule has 0 aliphatic rings. The third-order valence-electron chi connectivity index (χ3n) is 2.03. The lowest BCUT2D eigenvalue weighted by molar-refractivity contribution is 1.32. The third-order valence-corrected chi connectivity index (χ3v) is 2.92. The first-order chi connectivity index (χ1) is 8.25. The molecule has 0 bridgehead atoms. The fourth-order valence-corrected chi connectivity index (χ4v) is 1.87. The van der Waals surface area contributed by atoms with Crippen LogP contribution in [0.4, 0.5) is 11.5 Å². The molecule has 0 spiro atoms. The summed E-state index contributed by atoms with van der Waals surface area (Å²) < 4.78 is 0.963. The minimum absolute atomic E-state index is 0.510. The second-order valence-corrected chi connectivity index (χ2v) is 4.54. The average Bonchev–Trinajstić information content (AvgIpc) is 2.33. The fraction of sp³-hybridized carbons (Fsp3) is 0. The molecule has 2 rings (SSSR count). The molecule has 0 aliphatic carbocycles. The van der Waals surface area contributed by atoms with Crippen LogP contribution < -0.4 is 10.6 Å². The number of aromatic nitrogens is 1. The van der Waals surface area contributed by atoms with Crippen LogP contribution in [0, 0.1) is 0 Å². The zero-order valence-electron chi connectivity index (χ0n) is 8.85. The van der Waals surface area contributed by atoms with E-state index in [-0.39, 0.29) is 0 Å². The number of thiocarbonyl (C=S) groups is 1. The molecule has 0 radical (unpaired) electrons. The number of hydrogen-bond donors (Lipinski definition) is 2. The normalized spacial score (nSPS) is 9.71. The molecule has 5 heteroatoms. The summed E-state index contributed by atoms with van der Waals surface area (Å²) in [5.74, 6) is 0.719. The molecule has 0 unspecified atom stereocenters. The Hall–Kier alpha value is -1.46. The van der Waals surface area contributed by atoms with E-state index in [2.05, 4.69) is 31.5 Å². The molecule has 0 aliphatic heterocycles. The van der Waals surface area contributed by atoms with Crippen molar-refractivity contribution in [1.29, 1.82) is 0 Å². The molecular formula is C12H10BrN3S. The maximum Gasteiger partial charge on any atom is 0.176 e. The summed E-state index contributed by atoms with van der Waals surface area (Å²) in [6.45, 7) is 0. The van der Waals surface area contributed by atoms with Crippen molar-refractivity contribution in [1.82, 2.24) is 4.98 Å². The quantitative estimate of drug-likeness (QED) is 0.830. The number of halogens is 1. The Morgan fingerprint density at radius 3 is 2.53 bits per heavy atom. The monoisotopic (exact) mass is 307 g/mol. The molecular weight excluding hydrogens is 298 g/mol. The van der Waals surface area contributed by atoms with Gasteiger partial charge >= 0.3 is 0 Å². The van der Waals surface area contributed by atoms with Gasteiger partial charge in [0.05, 0.1) is 5.69 Å². The molecule has 1 aromatic heterocycles. The SMILES string of the molecule is S=C(Nc1ccccn1)Nc1ccccc1Br. The molecule has 1 heterocycles. The summed E-state index contributed by atoms with van der Waals surface area (Å²) in [6, 6.07) is 13.4. The first-order valence-electron chi connectivity index (χ1n) is 4.99. The van der Waals surface area contributed by atoms with Crippen LogP contribution in [0.15, 0.2) is 53.1 Å². The highest BCUT2D eigenvalue weighted by molar-refractivity contribution is 9.10. The van der Waals surface area contributed by atoms with Crippen LogP contribution >= 0.6 is 28.1 Å². The van der Waals surface area contributed by atoms with Gasteiger partial charge in [0.25, 0.3) is 0 Å². The Morgan fingerprint density at radius 1 is 1.06 bits per heavy atom. The molecule has 1 aromatic carbocycles. The number of anilines is 2. The van der Waals surface area contributed by atoms with E-state index >= 15 is 0 Å². The van der Waals surface area contributed by atoms with Crippen molar-refractivity contribution >= 4 is 44.8 Å². The van der Waals surface area contributed by atoms with Gasteiger partial charge in [0.2, 0.25) is 0 Å². The molecule has 17 heavy (non-hydrogen) atoms. The van der Waals surface area contributed by atoms with Crippen LogP contribution in [-0.2, 0) is 0 Å². The van der Waals surface area contributed by atoms with E-state index in [0.717, 1.165) is 16.0 Å². The first-order valence-corrected chi connectivity index (χ1v) is 6.19. The Balaban J connectivity index is 2.01. The van der Waals surface area contributed by atoms with Crippen LogP contribution in [0.3, 0.4) is 0 Å². The highest BCUT2D eigenvalue weighted by atomic mass is 79.9. The van der Waals surface area contributed by atoms with Gasteiger partial charge in [-0.25, -0.2) is 4.98 Å². The van der Waals surface area contributed by atoms with Crippen LogP contribution in [0.2, 0.25) is 0 Å². The minimum Gasteiger partial charge on any atom is -0.331 e. The number of nitrogens with one attached hydrogen (secondary N) is 2. The number of rotatable bonds is 2. The Kier molecular flexibility index (Phi) is 4.06. The smallest absolute Gasteiger partial charge is 0.176 e. The van der Waals surface area contributed by atoms with Crippen molar-refractivity contribution in [3.05, 3.63) is 53.1 Å². The first kappa shape index (κ1) is 12.0. The van der Waals surface area contributed by atoms with Crippen LogP contribution in [0.25, 0.3) is 0 Å². The Bertz CT molecular complexity index is 516. The average molecular weight is 308 g/mol. The largest absolute Gasteiger partial charge is 0.331 e. The zero-order valence-corrected chi connectivity index (χ0v) is 11.3. The van der Waals surface area contributed by atoms with Gasteiger partial charge in [-0.2, -0.15) is 0 Å². The molecule has 0 saturated heterocycles. The van der Waals surface area contributed by atoms with E-state index in [4.69, 9.17) is 12.2 Å². The summed E-state index contributed by atoms with van der Waals surface area (Å²) in [6.07, 6.45) is 1.71. The van der Waals surface area contributed by atoms with E-state index in [1.165, 1.54) is 0 Å². The van der Waals surface area contributed by atoms with Gasteiger partial charge in [-0.3, -0.25) is 0 Å². The van der Waals surface area contributed by atoms with Crippen LogP contribution in [0.1, 0.15) is 0 Å². The second-order valence-electron chi connectivity index (χ2n) is 3.27. The second kappa shape index (κ2) is 5.75. The lowest BCUT2D eigenvalue weighted by Crippen LogP contribution is -2.19. The van der Waals surface area contributed by atoms with Crippen molar-refractivity contribution in [2.45, 2.75) is 0 Å². The number of benzene rings is 1. The molecule has 0 fully saturated rings. The Labute approximate surface area is 113 Å². The van der Waals surface area contributed by atoms with Crippen molar-refractivity contribution in [2.24, 2.45) is 0 Å². The van der Waals surface area contributed by atoms with Gasteiger partial charge in [0.1, 0.15) is 5.82 Å². The van der Waals surface area contributed by atoms with E-state index in [0.29, 0.717) is 5.11 Å². The summed E-state index contributed by atoms with van der Waals surface area (Å²) in [4.78, 5) is 4.13. The van der Waals surface area contributed by atoms with Gasteiger partial charge in [-0.1, -0.05) is 18.2 Å². The highest BCUT2D eigenvalue weighted by Crippen LogP contribution is 2.21. The van der Waals surface area contributed by atoms with E-state index in [9.17, 15) is 0 Å². The third kappa shape index (κ3) is 3.51. The number of nitrogens with zero attached hydrogens (tertiary/aromatic N) is 1. The van der Waals surface area contributed by atoms with E-state index in [1.54, 1.807) is 6.20 Å². The summed E-state index contributed by atoms with van der Waals surface area (Å²) in [7, 11) is 0. The van der Waals surface area contributed by atoms with Gasteiger partial charge in [-0.05, 0) is 52.4 Å². The van der Waals surface area contributed by atoms with E-state index < -0.39 is 0 Å². The number of para-hydroxylation sites is 1. The zero-order chi connectivity index (χ0) is 12.1. The Morgan fingerprint density at radius 2 is 1.82 bits per heavy atom. The van der Waals surface area contributed by atoms with Gasteiger partial charge in [-0.15, -0.1) is 0 Å². The fourth-order valence-electron chi connectivity index (χ4n) is 1.27. The predicted molar refractivity (Wildman–Crippen MR) is 78.2 cm³/mol. The van der Waals surface area contributed by atoms with Gasteiger partial charge < -0.3 is 10.6 Å². The molecule has 2 aromatic rings. The lowest BCUT2D eigenvalue weighted by atomic mass is 10.3. The van der Waals surface area contributed by atoms with E-state index in [1.807, 2.05) is 42.5 Å². The standard InChI is InChI=1S/C12H10BrN3S/c13-9-5-1-2-6-10(9)15-12(17)16-11-7-3-4-8-14-11/h1-8H,(H2,14,15,16,17). The summed E-state index contributed by atoms with van der Waals surface area (Å²) >= 11 is 8.64. The van der Waals surface area contributed by atoms with Crippen molar-refractivity contribution in [2.75, 3.05) is 10.6 Å². The maximum absolute atomic E-state index is 5.19. The van der Waals surface area contributed by atoms with Crippen molar-refractivity contribution in [3.63, 3.8) is 0 Å². The van der Waals surface area contributed by atoms with Crippen molar-refractivity contribution < 1.29 is 0 Å². The molecule has 0 saturated carbocycles. The highest BCUT2D eigenvalue weighted by Gasteiger charge is 2.01. The molecule has 2 N–H and O–H groups in total. The topological polar surface area (TPSA) is 37.0 Å². The maximum atomic E-state index is 5.19. The van der Waals surface area contributed by atoms with Crippen LogP contribution in [0.5, 0.6) is 0 Å². The molecule has 3 nitrogen and oxygen atoms in total. The predicted octanol–water partition coefficient (Wildman–Crippen LogP) is 3.65. The summed E-state index contributed by atoms with van der Waals surface area (Å²) in [5.41, 5.74) is 0.918. The van der Waals surface area contributed by atoms with Gasteiger partial charge in [0.15, 0.2) is 5.11 Å². The minimum atomic E-state index is 0.510. The molecule has 86 valence electrons. The van der Waals surface area contributed by atoms with Gasteiger partial charge in [0, 0.05) is 10.7 Å². The molecule has 0 amide bonds. The van der Waals surface area contributed by atoms with Crippen LogP contribution in [-0.4, -0.2) is 10.1 Å². The summed E-state index contributed by atoms with van der Waals surface area (Å²) in [5, 5.41) is 6.61.